The lowest BCUT2D eigenvalue weighted by molar-refractivity contribution is -0.139. The highest BCUT2D eigenvalue weighted by atomic mass is 32.2. The van der Waals surface area contributed by atoms with Crippen LogP contribution >= 0.6 is 11.8 Å². The molecule has 0 bridgehead atoms. The van der Waals surface area contributed by atoms with E-state index >= 15 is 0 Å². The summed E-state index contributed by atoms with van der Waals surface area (Å²) in [6, 6.07) is 12.9. The predicted molar refractivity (Wildman–Crippen MR) is 139 cm³/mol. The molecule has 0 spiro atoms. The first kappa shape index (κ1) is 24.6. The quantitative estimate of drug-likeness (QED) is 0.517. The zero-order valence-electron chi connectivity index (χ0n) is 20.5. The molecule has 182 valence electrons. The van der Waals surface area contributed by atoms with Gasteiger partial charge in [-0.25, -0.2) is 9.79 Å². The molecule has 35 heavy (non-hydrogen) atoms. The number of thioether (sulfide) groups is 1. The number of hydrogen-bond donors (Lipinski definition) is 1. The second kappa shape index (κ2) is 10.4. The summed E-state index contributed by atoms with van der Waals surface area (Å²) in [4.78, 5) is 32.7. The van der Waals surface area contributed by atoms with Crippen molar-refractivity contribution < 1.29 is 19.1 Å². The highest BCUT2D eigenvalue weighted by Gasteiger charge is 2.41. The van der Waals surface area contributed by atoms with Crippen molar-refractivity contribution in [3.05, 3.63) is 81.5 Å². The molecular weight excluding hydrogens is 462 g/mol. The van der Waals surface area contributed by atoms with Crippen molar-refractivity contribution in [1.29, 1.82) is 0 Å². The Hall–Kier alpha value is -3.52. The number of fused-ring (bicyclic) bond motifs is 1. The summed E-state index contributed by atoms with van der Waals surface area (Å²) in [6.45, 7) is 7.90. The summed E-state index contributed by atoms with van der Waals surface area (Å²) in [5, 5.41) is 5.63. The Balaban J connectivity index is 1.67. The van der Waals surface area contributed by atoms with Crippen LogP contribution in [0.2, 0.25) is 0 Å². The topological polar surface area (TPSA) is 80.2 Å². The summed E-state index contributed by atoms with van der Waals surface area (Å²) in [5.74, 6) is 0.114. The molecule has 0 saturated carbocycles. The number of carbonyl (C=O) groups excluding carboxylic acids is 2. The van der Waals surface area contributed by atoms with Crippen molar-refractivity contribution in [2.45, 2.75) is 40.2 Å². The van der Waals surface area contributed by atoms with Crippen molar-refractivity contribution in [2.24, 2.45) is 4.99 Å². The monoisotopic (exact) mass is 491 g/mol. The van der Waals surface area contributed by atoms with Crippen molar-refractivity contribution in [3.8, 4) is 5.75 Å². The van der Waals surface area contributed by atoms with Gasteiger partial charge in [-0.15, -0.1) is 0 Å². The number of nitrogens with one attached hydrogen (secondary N) is 1. The first-order valence-electron chi connectivity index (χ1n) is 11.4. The molecule has 2 aliphatic rings. The molecule has 7 nitrogen and oxygen atoms in total. The van der Waals surface area contributed by atoms with Crippen LogP contribution in [0.5, 0.6) is 5.75 Å². The summed E-state index contributed by atoms with van der Waals surface area (Å²) >= 11 is 1.44. The molecule has 4 rings (SSSR count). The molecule has 0 radical (unpaired) electrons. The second-order valence-electron chi connectivity index (χ2n) is 8.41. The number of anilines is 1. The SMILES string of the molecule is CCOC(=O)C1=C(C)N=C2SC=C(CC(=O)Nc3ccc(C)c(C)c3)N2C1c1cccc(OC)c1. The van der Waals surface area contributed by atoms with Crippen molar-refractivity contribution in [3.63, 3.8) is 0 Å². The number of nitrogens with zero attached hydrogens (tertiary/aromatic N) is 2. The highest BCUT2D eigenvalue weighted by Crippen LogP contribution is 2.45. The Morgan fingerprint density at radius 3 is 2.63 bits per heavy atom. The van der Waals surface area contributed by atoms with Gasteiger partial charge in [0, 0.05) is 11.4 Å². The maximum absolute atomic E-state index is 13.1. The molecule has 2 aromatic carbocycles. The minimum absolute atomic E-state index is 0.133. The van der Waals surface area contributed by atoms with E-state index < -0.39 is 12.0 Å². The lowest BCUT2D eigenvalue weighted by Gasteiger charge is -2.36. The van der Waals surface area contributed by atoms with Crippen molar-refractivity contribution >= 4 is 34.5 Å². The van der Waals surface area contributed by atoms with E-state index in [2.05, 4.69) is 10.3 Å². The fourth-order valence-electron chi connectivity index (χ4n) is 4.16. The summed E-state index contributed by atoms with van der Waals surface area (Å²) in [5.41, 5.74) is 5.70. The van der Waals surface area contributed by atoms with E-state index in [-0.39, 0.29) is 18.9 Å². The first-order valence-corrected chi connectivity index (χ1v) is 12.3. The minimum atomic E-state index is -0.493. The third-order valence-corrected chi connectivity index (χ3v) is 6.93. The lowest BCUT2D eigenvalue weighted by Crippen LogP contribution is -2.37. The van der Waals surface area contributed by atoms with Gasteiger partial charge in [-0.05, 0) is 74.1 Å². The summed E-state index contributed by atoms with van der Waals surface area (Å²) < 4.78 is 10.8. The predicted octanol–water partition coefficient (Wildman–Crippen LogP) is 5.48. The van der Waals surface area contributed by atoms with Crippen LogP contribution in [0.25, 0.3) is 0 Å². The molecule has 2 aliphatic heterocycles. The smallest absolute Gasteiger partial charge is 0.338 e. The van der Waals surface area contributed by atoms with E-state index in [1.807, 2.05) is 73.5 Å². The maximum Gasteiger partial charge on any atom is 0.338 e. The average molecular weight is 492 g/mol. The minimum Gasteiger partial charge on any atom is -0.497 e. The van der Waals surface area contributed by atoms with Gasteiger partial charge in [-0.2, -0.15) is 0 Å². The number of aliphatic imine (C=N–C) groups is 1. The van der Waals surface area contributed by atoms with Gasteiger partial charge in [-0.1, -0.05) is 30.0 Å². The number of aryl methyl sites for hydroxylation is 2. The lowest BCUT2D eigenvalue weighted by atomic mass is 9.93. The Labute approximate surface area is 209 Å². The number of hydrogen-bond acceptors (Lipinski definition) is 7. The number of amidine groups is 1. The van der Waals surface area contributed by atoms with Gasteiger partial charge in [0.25, 0.3) is 0 Å². The van der Waals surface area contributed by atoms with E-state index in [0.29, 0.717) is 17.0 Å². The van der Waals surface area contributed by atoms with Crippen LogP contribution in [0.1, 0.15) is 43.0 Å². The molecular formula is C27H29N3O4S. The number of allylic oxidation sites excluding steroid dienone is 1. The van der Waals surface area contributed by atoms with E-state index in [0.717, 1.165) is 27.7 Å². The molecule has 1 N–H and O–H groups in total. The van der Waals surface area contributed by atoms with E-state index in [1.165, 1.54) is 17.3 Å². The summed E-state index contributed by atoms with van der Waals surface area (Å²) in [7, 11) is 1.61. The third-order valence-electron chi connectivity index (χ3n) is 6.04. The van der Waals surface area contributed by atoms with Crippen LogP contribution in [-0.2, 0) is 14.3 Å². The van der Waals surface area contributed by atoms with Gasteiger partial charge in [0.05, 0.1) is 37.4 Å². The molecule has 2 aromatic rings. The first-order chi connectivity index (χ1) is 16.8. The number of amides is 1. The number of carbonyl (C=O) groups is 2. The largest absolute Gasteiger partial charge is 0.497 e. The maximum atomic E-state index is 13.1. The van der Waals surface area contributed by atoms with Gasteiger partial charge >= 0.3 is 5.97 Å². The molecule has 1 amide bonds. The van der Waals surface area contributed by atoms with Gasteiger partial charge in [0.15, 0.2) is 5.17 Å². The number of rotatable bonds is 7. The van der Waals surface area contributed by atoms with Crippen LogP contribution in [-0.4, -0.2) is 35.7 Å². The summed E-state index contributed by atoms with van der Waals surface area (Å²) in [6.07, 6.45) is 0.133. The number of ether oxygens (including phenoxy) is 2. The fraction of sp³-hybridized carbons (Fsp3) is 0.296. The number of benzene rings is 2. The molecule has 0 fully saturated rings. The molecule has 1 atom stereocenters. The second-order valence-corrected chi connectivity index (χ2v) is 9.25. The van der Waals surface area contributed by atoms with Gasteiger partial charge in [0.2, 0.25) is 5.91 Å². The average Bonchev–Trinajstić information content (AvgIpc) is 3.22. The molecule has 2 heterocycles. The fourth-order valence-corrected chi connectivity index (χ4v) is 5.12. The van der Waals surface area contributed by atoms with Crippen LogP contribution in [0.4, 0.5) is 5.69 Å². The number of esters is 1. The van der Waals surface area contributed by atoms with Crippen LogP contribution in [0, 0.1) is 13.8 Å². The van der Waals surface area contributed by atoms with Crippen LogP contribution in [0.3, 0.4) is 0 Å². The zero-order chi connectivity index (χ0) is 25.1. The standard InChI is InChI=1S/C27H29N3O4S/c1-6-34-26(32)24-18(4)28-27-30(25(24)19-8-7-9-22(13-19)33-5)21(15-35-27)14-23(31)29-20-11-10-16(2)17(3)12-20/h7-13,15,25H,6,14H2,1-5H3,(H,29,31). The molecule has 1 unspecified atom stereocenters. The van der Waals surface area contributed by atoms with Crippen molar-refractivity contribution in [2.75, 3.05) is 19.0 Å². The van der Waals surface area contributed by atoms with Crippen LogP contribution < -0.4 is 10.1 Å². The molecule has 0 aromatic heterocycles. The van der Waals surface area contributed by atoms with Gasteiger partial charge in [0.1, 0.15) is 5.75 Å². The molecule has 0 aliphatic carbocycles. The highest BCUT2D eigenvalue weighted by molar-refractivity contribution is 8.16. The Morgan fingerprint density at radius 2 is 1.91 bits per heavy atom. The Kier molecular flexibility index (Phi) is 7.31. The molecule has 0 saturated heterocycles. The van der Waals surface area contributed by atoms with Crippen molar-refractivity contribution in [1.82, 2.24) is 4.90 Å². The molecule has 8 heteroatoms. The van der Waals surface area contributed by atoms with Gasteiger partial charge in [-0.3, -0.25) is 4.79 Å². The van der Waals surface area contributed by atoms with Crippen LogP contribution in [0.15, 0.2) is 69.8 Å². The number of methoxy groups -OCH3 is 1. The zero-order valence-corrected chi connectivity index (χ0v) is 21.4. The van der Waals surface area contributed by atoms with E-state index in [4.69, 9.17) is 9.47 Å². The van der Waals surface area contributed by atoms with E-state index in [1.54, 1.807) is 14.0 Å². The Morgan fingerprint density at radius 1 is 1.11 bits per heavy atom. The third kappa shape index (κ3) is 5.12. The van der Waals surface area contributed by atoms with E-state index in [9.17, 15) is 9.59 Å². The van der Waals surface area contributed by atoms with Gasteiger partial charge < -0.3 is 19.7 Å². The Bertz CT molecular complexity index is 1260. The normalized spacial score (nSPS) is 16.9.